The first kappa shape index (κ1) is 13.4. The molecule has 2 aromatic carbocycles. The molecule has 0 spiro atoms. The van der Waals surface area contributed by atoms with Gasteiger partial charge in [-0.05, 0) is 39.2 Å². The van der Waals surface area contributed by atoms with E-state index in [-0.39, 0.29) is 17.4 Å². The summed E-state index contributed by atoms with van der Waals surface area (Å²) in [7, 11) is 0. The molecule has 1 N–H and O–H groups in total. The van der Waals surface area contributed by atoms with E-state index >= 15 is 0 Å². The summed E-state index contributed by atoms with van der Waals surface area (Å²) < 4.78 is 0.746. The molecular formula is C15H10BrNO2S. The molecule has 0 unspecified atom stereocenters. The molecule has 20 heavy (non-hydrogen) atoms. The molecule has 1 amide bonds. The van der Waals surface area contributed by atoms with Gasteiger partial charge in [0, 0.05) is 15.6 Å². The van der Waals surface area contributed by atoms with Crippen molar-refractivity contribution >= 4 is 45.9 Å². The van der Waals surface area contributed by atoms with E-state index < -0.39 is 0 Å². The normalized spacial score (nSPS) is 12.0. The number of amides is 1. The minimum Gasteiger partial charge on any atom is -0.324 e. The highest BCUT2D eigenvalue weighted by molar-refractivity contribution is 9.10. The zero-order chi connectivity index (χ0) is 14.3. The number of halogens is 1. The van der Waals surface area contributed by atoms with Crippen molar-refractivity contribution in [3.63, 3.8) is 0 Å². The molecule has 0 fully saturated rings. The molecule has 3 nitrogen and oxygen atoms in total. The van der Waals surface area contributed by atoms with Crippen LogP contribution in [0.15, 0.2) is 40.9 Å². The van der Waals surface area contributed by atoms with Crippen molar-refractivity contribution in [3.05, 3.63) is 52.0 Å². The predicted molar refractivity (Wildman–Crippen MR) is 85.5 cm³/mol. The number of carbonyl (C=O) groups excluding carboxylic acids is 2. The zero-order valence-electron chi connectivity index (χ0n) is 10.3. The van der Waals surface area contributed by atoms with Crippen molar-refractivity contribution in [1.82, 2.24) is 0 Å². The van der Waals surface area contributed by atoms with Crippen molar-refractivity contribution in [2.75, 3.05) is 11.1 Å². The number of hydrogen-bond acceptors (Lipinski definition) is 3. The van der Waals surface area contributed by atoms with Gasteiger partial charge in [-0.1, -0.05) is 24.3 Å². The fourth-order valence-electron chi connectivity index (χ4n) is 2.33. The summed E-state index contributed by atoms with van der Waals surface area (Å²) in [6, 6.07) is 11.1. The predicted octanol–water partition coefficient (Wildman–Crippen LogP) is 3.53. The molecule has 0 aromatic heterocycles. The van der Waals surface area contributed by atoms with Crippen LogP contribution in [-0.2, 0) is 4.79 Å². The minimum atomic E-state index is -0.211. The maximum absolute atomic E-state index is 12.4. The van der Waals surface area contributed by atoms with E-state index in [2.05, 4.69) is 33.9 Å². The van der Waals surface area contributed by atoms with Gasteiger partial charge < -0.3 is 5.32 Å². The molecule has 1 aliphatic rings. The third-order valence-electron chi connectivity index (χ3n) is 3.23. The van der Waals surface area contributed by atoms with Gasteiger partial charge in [-0.15, -0.1) is 0 Å². The van der Waals surface area contributed by atoms with E-state index in [1.165, 1.54) is 0 Å². The SMILES string of the molecule is O=C(CS)Nc1cc2c(cc1Br)-c1ccccc1C2=O. The summed E-state index contributed by atoms with van der Waals surface area (Å²) in [5.74, 6) is -0.126. The molecule has 0 bridgehead atoms. The molecule has 0 heterocycles. The van der Waals surface area contributed by atoms with Crippen LogP contribution in [0.5, 0.6) is 0 Å². The summed E-state index contributed by atoms with van der Waals surface area (Å²) >= 11 is 7.35. The smallest absolute Gasteiger partial charge is 0.234 e. The zero-order valence-corrected chi connectivity index (χ0v) is 12.8. The number of thiol groups is 1. The van der Waals surface area contributed by atoms with Gasteiger partial charge in [-0.25, -0.2) is 0 Å². The number of benzene rings is 2. The number of anilines is 1. The van der Waals surface area contributed by atoms with Crippen LogP contribution in [0.25, 0.3) is 11.1 Å². The second-order valence-electron chi connectivity index (χ2n) is 4.46. The maximum atomic E-state index is 12.4. The highest BCUT2D eigenvalue weighted by Gasteiger charge is 2.27. The van der Waals surface area contributed by atoms with Crippen molar-refractivity contribution in [3.8, 4) is 11.1 Å². The van der Waals surface area contributed by atoms with Gasteiger partial charge in [0.2, 0.25) is 5.91 Å². The second-order valence-corrected chi connectivity index (χ2v) is 5.63. The standard InChI is InChI=1S/C15H10BrNO2S/c16-12-5-10-8-3-1-2-4-9(8)15(19)11(10)6-13(12)17-14(18)7-20/h1-6,20H,7H2,(H,17,18). The number of nitrogens with one attached hydrogen (secondary N) is 1. The summed E-state index contributed by atoms with van der Waals surface area (Å²) in [4.78, 5) is 23.8. The third kappa shape index (κ3) is 2.07. The fourth-order valence-corrected chi connectivity index (χ4v) is 2.85. The molecule has 100 valence electrons. The summed E-state index contributed by atoms with van der Waals surface area (Å²) in [6.07, 6.45) is 0. The van der Waals surface area contributed by atoms with Gasteiger partial charge in [-0.3, -0.25) is 9.59 Å². The molecule has 3 rings (SSSR count). The topological polar surface area (TPSA) is 46.2 Å². The van der Waals surface area contributed by atoms with Gasteiger partial charge in [0.25, 0.3) is 0 Å². The fraction of sp³-hybridized carbons (Fsp3) is 0.0667. The average molecular weight is 348 g/mol. The Bertz CT molecular complexity index is 743. The van der Waals surface area contributed by atoms with Gasteiger partial charge in [0.1, 0.15) is 0 Å². The summed E-state index contributed by atoms with van der Waals surface area (Å²) in [6.45, 7) is 0. The Morgan fingerprint density at radius 1 is 1.10 bits per heavy atom. The van der Waals surface area contributed by atoms with Crippen LogP contribution in [-0.4, -0.2) is 17.4 Å². The van der Waals surface area contributed by atoms with Crippen LogP contribution in [0, 0.1) is 0 Å². The lowest BCUT2D eigenvalue weighted by molar-refractivity contribution is -0.113. The van der Waals surface area contributed by atoms with E-state index in [4.69, 9.17) is 0 Å². The Hall–Kier alpha value is -1.59. The van der Waals surface area contributed by atoms with E-state index in [0.717, 1.165) is 15.6 Å². The first-order valence-electron chi connectivity index (χ1n) is 6.00. The number of hydrogen-bond donors (Lipinski definition) is 2. The Labute approximate surface area is 129 Å². The maximum Gasteiger partial charge on any atom is 0.234 e. The Balaban J connectivity index is 2.13. The van der Waals surface area contributed by atoms with E-state index in [1.807, 2.05) is 30.3 Å². The molecule has 1 aliphatic carbocycles. The van der Waals surface area contributed by atoms with Gasteiger partial charge >= 0.3 is 0 Å². The lowest BCUT2D eigenvalue weighted by Crippen LogP contribution is -2.13. The van der Waals surface area contributed by atoms with E-state index in [0.29, 0.717) is 16.8 Å². The lowest BCUT2D eigenvalue weighted by Gasteiger charge is -2.09. The van der Waals surface area contributed by atoms with Crippen molar-refractivity contribution in [2.24, 2.45) is 0 Å². The first-order valence-corrected chi connectivity index (χ1v) is 7.42. The second kappa shape index (κ2) is 5.07. The van der Waals surface area contributed by atoms with Gasteiger partial charge in [0.05, 0.1) is 11.4 Å². The largest absolute Gasteiger partial charge is 0.324 e. The average Bonchev–Trinajstić information content (AvgIpc) is 2.73. The minimum absolute atomic E-state index is 0.00975. The Morgan fingerprint density at radius 3 is 2.50 bits per heavy atom. The lowest BCUT2D eigenvalue weighted by atomic mass is 10.1. The molecule has 0 saturated carbocycles. The van der Waals surface area contributed by atoms with Crippen LogP contribution < -0.4 is 5.32 Å². The first-order chi connectivity index (χ1) is 9.61. The number of rotatable bonds is 2. The van der Waals surface area contributed by atoms with E-state index in [1.54, 1.807) is 6.07 Å². The molecular weight excluding hydrogens is 338 g/mol. The number of fused-ring (bicyclic) bond motifs is 3. The summed E-state index contributed by atoms with van der Waals surface area (Å²) in [5, 5.41) is 2.72. The third-order valence-corrected chi connectivity index (χ3v) is 4.17. The summed E-state index contributed by atoms with van der Waals surface area (Å²) in [5.41, 5.74) is 3.72. The monoisotopic (exact) mass is 347 g/mol. The highest BCUT2D eigenvalue weighted by Crippen LogP contribution is 2.40. The quantitative estimate of drug-likeness (QED) is 0.696. The Kier molecular flexibility index (Phi) is 3.40. The van der Waals surface area contributed by atoms with Crippen LogP contribution in [0.1, 0.15) is 15.9 Å². The Morgan fingerprint density at radius 2 is 1.80 bits per heavy atom. The van der Waals surface area contributed by atoms with E-state index in [9.17, 15) is 9.59 Å². The van der Waals surface area contributed by atoms with Crippen molar-refractivity contribution in [2.45, 2.75) is 0 Å². The van der Waals surface area contributed by atoms with Crippen molar-refractivity contribution < 1.29 is 9.59 Å². The van der Waals surface area contributed by atoms with Gasteiger partial charge in [0.15, 0.2) is 5.78 Å². The molecule has 0 aliphatic heterocycles. The van der Waals surface area contributed by atoms with Crippen LogP contribution >= 0.6 is 28.6 Å². The molecule has 2 aromatic rings. The van der Waals surface area contributed by atoms with Crippen LogP contribution in [0.4, 0.5) is 5.69 Å². The van der Waals surface area contributed by atoms with Gasteiger partial charge in [-0.2, -0.15) is 12.6 Å². The molecule has 5 heteroatoms. The number of carbonyl (C=O) groups is 2. The molecule has 0 atom stereocenters. The highest BCUT2D eigenvalue weighted by atomic mass is 79.9. The number of ketones is 1. The molecule has 0 saturated heterocycles. The van der Waals surface area contributed by atoms with Crippen LogP contribution in [0.3, 0.4) is 0 Å². The van der Waals surface area contributed by atoms with Crippen LogP contribution in [0.2, 0.25) is 0 Å². The molecule has 0 radical (unpaired) electrons. The van der Waals surface area contributed by atoms with Crippen molar-refractivity contribution in [1.29, 1.82) is 0 Å².